The average Bonchev–Trinajstić information content (AvgIpc) is 3.39. The van der Waals surface area contributed by atoms with Gasteiger partial charge in [-0.3, -0.25) is 9.59 Å². The zero-order chi connectivity index (χ0) is 19.7. The third-order valence-corrected chi connectivity index (χ3v) is 4.83. The van der Waals surface area contributed by atoms with Crippen LogP contribution in [0.2, 0.25) is 5.02 Å². The van der Waals surface area contributed by atoms with Crippen molar-refractivity contribution in [2.45, 2.75) is 24.8 Å². The van der Waals surface area contributed by atoms with Crippen molar-refractivity contribution in [3.05, 3.63) is 70.0 Å². The van der Waals surface area contributed by atoms with Gasteiger partial charge in [-0.25, -0.2) is 13.2 Å². The van der Waals surface area contributed by atoms with Crippen LogP contribution in [0.5, 0.6) is 0 Å². The number of carbonyl (C=O) groups excluding carboxylic acids is 1. The summed E-state index contributed by atoms with van der Waals surface area (Å²) in [6.07, 6.45) is -0.139. The maximum absolute atomic E-state index is 13.8. The number of benzene rings is 2. The van der Waals surface area contributed by atoms with E-state index < -0.39 is 53.6 Å². The molecule has 2 N–H and O–H groups in total. The first-order chi connectivity index (χ1) is 12.8. The molecule has 3 atom stereocenters. The van der Waals surface area contributed by atoms with E-state index >= 15 is 0 Å². The number of rotatable bonds is 6. The van der Waals surface area contributed by atoms with Gasteiger partial charge >= 0.3 is 5.97 Å². The standard InChI is InChI=1S/C19H15ClF3NO3/c20-14-3-1-9(5-16(14)23)17(8-18(25)26)24-19(27)13-7-11(13)12-6-10(21)2-4-15(12)22/h1-6,11,13,17H,7-8H2,(H,24,27)(H,25,26). The van der Waals surface area contributed by atoms with Gasteiger partial charge in [0.25, 0.3) is 0 Å². The number of carboxylic acids is 1. The Bertz CT molecular complexity index is 906. The van der Waals surface area contributed by atoms with Gasteiger partial charge in [-0.15, -0.1) is 0 Å². The number of hydrogen-bond acceptors (Lipinski definition) is 2. The normalized spacial score (nSPS) is 19.4. The molecule has 0 aliphatic heterocycles. The molecule has 0 saturated heterocycles. The van der Waals surface area contributed by atoms with Crippen molar-refractivity contribution in [3.8, 4) is 0 Å². The first kappa shape index (κ1) is 19.2. The largest absolute Gasteiger partial charge is 0.481 e. The Hall–Kier alpha value is -2.54. The van der Waals surface area contributed by atoms with Gasteiger partial charge in [0.15, 0.2) is 0 Å². The highest BCUT2D eigenvalue weighted by Crippen LogP contribution is 2.48. The van der Waals surface area contributed by atoms with Gasteiger partial charge in [-0.1, -0.05) is 17.7 Å². The Morgan fingerprint density at radius 1 is 1.15 bits per heavy atom. The smallest absolute Gasteiger partial charge is 0.305 e. The van der Waals surface area contributed by atoms with E-state index in [4.69, 9.17) is 16.7 Å². The van der Waals surface area contributed by atoms with Crippen molar-refractivity contribution < 1.29 is 27.9 Å². The Morgan fingerprint density at radius 3 is 2.56 bits per heavy atom. The minimum Gasteiger partial charge on any atom is -0.481 e. The molecule has 27 heavy (non-hydrogen) atoms. The Morgan fingerprint density at radius 2 is 1.89 bits per heavy atom. The number of carboxylic acid groups (broad SMARTS) is 1. The molecule has 1 amide bonds. The fourth-order valence-electron chi connectivity index (χ4n) is 3.06. The summed E-state index contributed by atoms with van der Waals surface area (Å²) in [5.74, 6) is -4.69. The monoisotopic (exact) mass is 397 g/mol. The van der Waals surface area contributed by atoms with E-state index in [1.807, 2.05) is 0 Å². The number of nitrogens with one attached hydrogen (secondary N) is 1. The van der Waals surface area contributed by atoms with Gasteiger partial charge in [-0.2, -0.15) is 0 Å². The van der Waals surface area contributed by atoms with E-state index in [0.717, 1.165) is 24.3 Å². The molecule has 0 heterocycles. The Kier molecular flexibility index (Phi) is 5.41. The lowest BCUT2D eigenvalue weighted by Crippen LogP contribution is -2.31. The summed E-state index contributed by atoms with van der Waals surface area (Å²) in [4.78, 5) is 23.6. The van der Waals surface area contributed by atoms with Gasteiger partial charge in [0, 0.05) is 5.92 Å². The molecular weight excluding hydrogens is 383 g/mol. The molecule has 8 heteroatoms. The van der Waals surface area contributed by atoms with Crippen LogP contribution >= 0.6 is 11.6 Å². The van der Waals surface area contributed by atoms with Crippen LogP contribution in [0.3, 0.4) is 0 Å². The molecule has 1 saturated carbocycles. The van der Waals surface area contributed by atoms with Crippen molar-refractivity contribution in [2.24, 2.45) is 5.92 Å². The molecule has 3 unspecified atom stereocenters. The molecule has 4 nitrogen and oxygen atoms in total. The molecule has 1 aliphatic rings. The van der Waals surface area contributed by atoms with Gasteiger partial charge in [-0.05, 0) is 53.8 Å². The summed E-state index contributed by atoms with van der Waals surface area (Å²) >= 11 is 5.63. The van der Waals surface area contributed by atoms with E-state index in [2.05, 4.69) is 5.32 Å². The second-order valence-electron chi connectivity index (χ2n) is 6.45. The van der Waals surface area contributed by atoms with Gasteiger partial charge in [0.1, 0.15) is 17.5 Å². The van der Waals surface area contributed by atoms with E-state index in [1.165, 1.54) is 12.1 Å². The fraction of sp³-hybridized carbons (Fsp3) is 0.263. The number of carbonyl (C=O) groups is 2. The number of amides is 1. The third-order valence-electron chi connectivity index (χ3n) is 4.53. The number of hydrogen-bond donors (Lipinski definition) is 2. The second kappa shape index (κ2) is 7.60. The van der Waals surface area contributed by atoms with Crippen LogP contribution in [0.1, 0.15) is 35.9 Å². The summed E-state index contributed by atoms with van der Waals surface area (Å²) in [5, 5.41) is 11.5. The first-order valence-electron chi connectivity index (χ1n) is 8.18. The molecule has 0 spiro atoms. The van der Waals surface area contributed by atoms with Crippen LogP contribution in [0, 0.1) is 23.4 Å². The summed E-state index contributed by atoms with van der Waals surface area (Å²) in [5.41, 5.74) is 0.365. The van der Waals surface area contributed by atoms with Crippen LogP contribution in [0.25, 0.3) is 0 Å². The lowest BCUT2D eigenvalue weighted by atomic mass is 10.0. The van der Waals surface area contributed by atoms with Gasteiger partial charge < -0.3 is 10.4 Å². The zero-order valence-corrected chi connectivity index (χ0v) is 14.6. The van der Waals surface area contributed by atoms with E-state index in [1.54, 1.807) is 0 Å². The minimum atomic E-state index is -1.18. The Balaban J connectivity index is 1.74. The highest BCUT2D eigenvalue weighted by atomic mass is 35.5. The number of halogens is 4. The fourth-order valence-corrected chi connectivity index (χ4v) is 3.18. The second-order valence-corrected chi connectivity index (χ2v) is 6.85. The van der Waals surface area contributed by atoms with E-state index in [0.29, 0.717) is 6.42 Å². The topological polar surface area (TPSA) is 66.4 Å². The molecule has 142 valence electrons. The van der Waals surface area contributed by atoms with Crippen molar-refractivity contribution in [1.82, 2.24) is 5.32 Å². The van der Waals surface area contributed by atoms with Crippen LogP contribution in [-0.2, 0) is 9.59 Å². The van der Waals surface area contributed by atoms with Crippen molar-refractivity contribution in [3.63, 3.8) is 0 Å². The zero-order valence-electron chi connectivity index (χ0n) is 13.9. The molecule has 0 radical (unpaired) electrons. The summed E-state index contributed by atoms with van der Waals surface area (Å²) in [6, 6.07) is 5.84. The first-order valence-corrected chi connectivity index (χ1v) is 8.56. The van der Waals surface area contributed by atoms with Crippen molar-refractivity contribution in [2.75, 3.05) is 0 Å². The predicted octanol–water partition coefficient (Wildman–Crippen LogP) is 4.19. The highest BCUT2D eigenvalue weighted by molar-refractivity contribution is 6.30. The van der Waals surface area contributed by atoms with Crippen molar-refractivity contribution in [1.29, 1.82) is 0 Å². The van der Waals surface area contributed by atoms with Crippen LogP contribution < -0.4 is 5.32 Å². The Labute approximate surface area is 158 Å². The van der Waals surface area contributed by atoms with E-state index in [9.17, 15) is 22.8 Å². The highest BCUT2D eigenvalue weighted by Gasteiger charge is 2.46. The summed E-state index contributed by atoms with van der Waals surface area (Å²) < 4.78 is 40.9. The molecule has 2 aromatic carbocycles. The quantitative estimate of drug-likeness (QED) is 0.768. The van der Waals surface area contributed by atoms with Crippen LogP contribution in [-0.4, -0.2) is 17.0 Å². The van der Waals surface area contributed by atoms with Gasteiger partial charge in [0.05, 0.1) is 17.5 Å². The number of aliphatic carboxylic acids is 1. The maximum atomic E-state index is 13.8. The lowest BCUT2D eigenvalue weighted by molar-refractivity contribution is -0.137. The molecular formula is C19H15ClF3NO3. The maximum Gasteiger partial charge on any atom is 0.305 e. The molecule has 0 bridgehead atoms. The molecule has 3 rings (SSSR count). The third kappa shape index (κ3) is 4.42. The molecule has 0 aromatic heterocycles. The summed E-state index contributed by atoms with van der Waals surface area (Å²) in [6.45, 7) is 0. The van der Waals surface area contributed by atoms with Crippen molar-refractivity contribution >= 4 is 23.5 Å². The predicted molar refractivity (Wildman–Crippen MR) is 91.8 cm³/mol. The lowest BCUT2D eigenvalue weighted by Gasteiger charge is -2.18. The van der Waals surface area contributed by atoms with Crippen LogP contribution in [0.15, 0.2) is 36.4 Å². The summed E-state index contributed by atoms with van der Waals surface area (Å²) in [7, 11) is 0. The van der Waals surface area contributed by atoms with E-state index in [-0.39, 0.29) is 16.1 Å². The molecule has 1 aliphatic carbocycles. The molecule has 2 aromatic rings. The minimum absolute atomic E-state index is 0.113. The SMILES string of the molecule is O=C(O)CC(NC(=O)C1CC1c1cc(F)ccc1F)c1ccc(Cl)c(F)c1. The van der Waals surface area contributed by atoms with Gasteiger partial charge in [0.2, 0.25) is 5.91 Å². The average molecular weight is 398 g/mol. The molecule has 1 fully saturated rings. The van der Waals surface area contributed by atoms with Crippen LogP contribution in [0.4, 0.5) is 13.2 Å².